The maximum absolute atomic E-state index is 11.7. The lowest BCUT2D eigenvalue weighted by molar-refractivity contribution is 0.387. The molecule has 154 valence electrons. The average molecular weight is 557 g/mol. The fourth-order valence-electron chi connectivity index (χ4n) is 3.94. The summed E-state index contributed by atoms with van der Waals surface area (Å²) in [6.07, 6.45) is 0. The first-order valence-electron chi connectivity index (χ1n) is 9.47. The average Bonchev–Trinajstić information content (AvgIpc) is 3.06. The number of fused-ring (bicyclic) bond motifs is 3. The summed E-state index contributed by atoms with van der Waals surface area (Å²) in [5.41, 5.74) is 4.78. The predicted octanol–water partition coefficient (Wildman–Crippen LogP) is 6.78. The van der Waals surface area contributed by atoms with Gasteiger partial charge in [0.1, 0.15) is 0 Å². The third-order valence-corrected chi connectivity index (χ3v) is 7.25. The van der Waals surface area contributed by atoms with Crippen molar-refractivity contribution in [3.8, 4) is 16.8 Å². The van der Waals surface area contributed by atoms with Gasteiger partial charge in [0.2, 0.25) is 0 Å². The van der Waals surface area contributed by atoms with Crippen LogP contribution in [-0.2, 0) is 4.57 Å². The number of aromatic nitrogens is 1. The van der Waals surface area contributed by atoms with Crippen LogP contribution < -0.4 is 5.30 Å². The van der Waals surface area contributed by atoms with Gasteiger partial charge in [0, 0.05) is 25.4 Å². The van der Waals surface area contributed by atoms with Gasteiger partial charge in [-0.1, -0.05) is 56.1 Å². The van der Waals surface area contributed by atoms with Gasteiger partial charge in [0.05, 0.1) is 16.3 Å². The molecule has 4 nitrogen and oxygen atoms in total. The van der Waals surface area contributed by atoms with E-state index in [2.05, 4.69) is 60.7 Å². The zero-order chi connectivity index (χ0) is 21.8. The second-order valence-corrected chi connectivity index (χ2v) is 10.7. The zero-order valence-corrected chi connectivity index (χ0v) is 20.1. The minimum Gasteiger partial charge on any atom is -0.321 e. The van der Waals surface area contributed by atoms with Crippen LogP contribution >= 0.6 is 39.5 Å². The van der Waals surface area contributed by atoms with Crippen LogP contribution in [0, 0.1) is 0 Å². The van der Waals surface area contributed by atoms with E-state index in [0.29, 0.717) is 0 Å². The lowest BCUT2D eigenvalue weighted by Crippen LogP contribution is -2.03. The van der Waals surface area contributed by atoms with Gasteiger partial charge in [-0.2, -0.15) is 0 Å². The molecule has 0 radical (unpaired) electrons. The van der Waals surface area contributed by atoms with Crippen molar-refractivity contribution in [2.24, 2.45) is 0 Å². The summed E-state index contributed by atoms with van der Waals surface area (Å²) < 4.78 is 15.9. The fraction of sp³-hybridized carbons (Fsp3) is 0. The second-order valence-electron chi connectivity index (χ2n) is 7.30. The topological polar surface area (TPSA) is 62.5 Å². The van der Waals surface area contributed by atoms with Crippen molar-refractivity contribution in [2.45, 2.75) is 0 Å². The van der Waals surface area contributed by atoms with E-state index in [1.54, 1.807) is 12.1 Å². The van der Waals surface area contributed by atoms with Gasteiger partial charge >= 0.3 is 7.60 Å². The first-order valence-corrected chi connectivity index (χ1v) is 12.7. The maximum atomic E-state index is 11.7. The van der Waals surface area contributed by atoms with Crippen molar-refractivity contribution < 1.29 is 14.4 Å². The summed E-state index contributed by atoms with van der Waals surface area (Å²) in [6.45, 7) is 0. The minimum absolute atomic E-state index is 0.0157. The molecule has 0 bridgehead atoms. The third kappa shape index (κ3) is 3.79. The summed E-state index contributed by atoms with van der Waals surface area (Å²) in [6, 6.07) is 27.0. The Balaban J connectivity index is 1.75. The van der Waals surface area contributed by atoms with Gasteiger partial charge in [-0.05, 0) is 71.8 Å². The van der Waals surface area contributed by atoms with Crippen molar-refractivity contribution >= 4 is 66.6 Å². The Morgan fingerprint density at radius 1 is 0.677 bits per heavy atom. The Labute approximate surface area is 195 Å². The molecule has 0 amide bonds. The van der Waals surface area contributed by atoms with E-state index in [-0.39, 0.29) is 5.30 Å². The van der Waals surface area contributed by atoms with Crippen LogP contribution in [0.15, 0.2) is 93.9 Å². The van der Waals surface area contributed by atoms with E-state index in [1.165, 1.54) is 6.07 Å². The molecule has 0 atom stereocenters. The van der Waals surface area contributed by atoms with E-state index in [4.69, 9.17) is 0 Å². The molecule has 4 aromatic carbocycles. The van der Waals surface area contributed by atoms with Crippen LogP contribution in [0.25, 0.3) is 38.6 Å². The fourth-order valence-corrected chi connectivity index (χ4v) is 5.25. The summed E-state index contributed by atoms with van der Waals surface area (Å²) in [4.78, 5) is 19.1. The molecule has 7 heteroatoms. The van der Waals surface area contributed by atoms with Crippen molar-refractivity contribution in [3.05, 3.63) is 93.9 Å². The summed E-state index contributed by atoms with van der Waals surface area (Å²) >= 11 is 7.16. The van der Waals surface area contributed by atoms with E-state index < -0.39 is 7.60 Å². The van der Waals surface area contributed by atoms with Crippen molar-refractivity contribution in [3.63, 3.8) is 0 Å². The second kappa shape index (κ2) is 7.73. The number of nitrogens with zero attached hydrogens (tertiary/aromatic N) is 1. The number of rotatable bonds is 3. The third-order valence-electron chi connectivity index (χ3n) is 5.31. The molecule has 0 aliphatic heterocycles. The van der Waals surface area contributed by atoms with E-state index in [0.717, 1.165) is 47.6 Å². The normalized spacial score (nSPS) is 12.0. The van der Waals surface area contributed by atoms with E-state index >= 15 is 0 Å². The molecule has 0 saturated heterocycles. The Hall–Kier alpha value is -2.21. The van der Waals surface area contributed by atoms with Crippen molar-refractivity contribution in [1.29, 1.82) is 0 Å². The van der Waals surface area contributed by atoms with Crippen LogP contribution in [0.1, 0.15) is 0 Å². The van der Waals surface area contributed by atoms with Gasteiger partial charge in [0.25, 0.3) is 0 Å². The molecule has 0 fully saturated rings. The van der Waals surface area contributed by atoms with Gasteiger partial charge in [-0.3, -0.25) is 4.57 Å². The first-order chi connectivity index (χ1) is 14.8. The molecule has 5 rings (SSSR count). The largest absolute Gasteiger partial charge is 0.356 e. The highest BCUT2D eigenvalue weighted by molar-refractivity contribution is 9.10. The van der Waals surface area contributed by atoms with Crippen LogP contribution in [0.2, 0.25) is 0 Å². The lowest BCUT2D eigenvalue weighted by atomic mass is 10.1. The Morgan fingerprint density at radius 2 is 1.23 bits per heavy atom. The van der Waals surface area contributed by atoms with Crippen LogP contribution in [-0.4, -0.2) is 14.4 Å². The lowest BCUT2D eigenvalue weighted by Gasteiger charge is -2.11. The van der Waals surface area contributed by atoms with Crippen LogP contribution in [0.3, 0.4) is 0 Å². The highest BCUT2D eigenvalue weighted by atomic mass is 79.9. The molecule has 2 N–H and O–H groups in total. The standard InChI is InChI=1S/C24H16Br2NO3P/c25-17-7-9-23-21(13-17)22-14-18(26)8-10-24(22)27(23)19-5-1-3-15(11-19)16-4-2-6-20(12-16)31(28,29)30/h1-14H,(H2,28,29,30). The Kier molecular flexibility index (Phi) is 5.16. The van der Waals surface area contributed by atoms with Crippen LogP contribution in [0.5, 0.6) is 0 Å². The van der Waals surface area contributed by atoms with Gasteiger partial charge in [-0.25, -0.2) is 0 Å². The molecular formula is C24H16Br2NO3P. The number of benzene rings is 4. The highest BCUT2D eigenvalue weighted by Crippen LogP contribution is 2.37. The number of halogens is 2. The Bertz CT molecular complexity index is 1460. The maximum Gasteiger partial charge on any atom is 0.356 e. The molecular weight excluding hydrogens is 541 g/mol. The molecule has 1 heterocycles. The van der Waals surface area contributed by atoms with Gasteiger partial charge < -0.3 is 14.4 Å². The van der Waals surface area contributed by atoms with Crippen molar-refractivity contribution in [1.82, 2.24) is 4.57 Å². The molecule has 0 spiro atoms. The van der Waals surface area contributed by atoms with Gasteiger partial charge in [-0.15, -0.1) is 0 Å². The molecule has 31 heavy (non-hydrogen) atoms. The minimum atomic E-state index is -4.31. The van der Waals surface area contributed by atoms with E-state index in [1.807, 2.05) is 42.5 Å². The number of hydrogen-bond donors (Lipinski definition) is 2. The predicted molar refractivity (Wildman–Crippen MR) is 133 cm³/mol. The first kappa shape index (κ1) is 20.7. The smallest absolute Gasteiger partial charge is 0.321 e. The molecule has 0 aliphatic carbocycles. The number of hydrogen-bond acceptors (Lipinski definition) is 1. The quantitative estimate of drug-likeness (QED) is 0.241. The van der Waals surface area contributed by atoms with E-state index in [9.17, 15) is 14.4 Å². The molecule has 0 aliphatic rings. The summed E-state index contributed by atoms with van der Waals surface area (Å²) in [5.74, 6) is 0. The highest BCUT2D eigenvalue weighted by Gasteiger charge is 2.18. The molecule has 0 unspecified atom stereocenters. The summed E-state index contributed by atoms with van der Waals surface area (Å²) in [7, 11) is -4.31. The monoisotopic (exact) mass is 555 g/mol. The molecule has 0 saturated carbocycles. The molecule has 1 aromatic heterocycles. The van der Waals surface area contributed by atoms with Crippen LogP contribution in [0.4, 0.5) is 0 Å². The zero-order valence-electron chi connectivity index (χ0n) is 16.0. The molecule has 5 aromatic rings. The summed E-state index contributed by atoms with van der Waals surface area (Å²) in [5, 5.41) is 2.29. The van der Waals surface area contributed by atoms with Crippen molar-refractivity contribution in [2.75, 3.05) is 0 Å². The SMILES string of the molecule is O=P(O)(O)c1cccc(-c2cccc(-n3c4ccc(Br)cc4c4cc(Br)ccc43)c2)c1. The Morgan fingerprint density at radius 3 is 1.81 bits per heavy atom. The van der Waals surface area contributed by atoms with Gasteiger partial charge in [0.15, 0.2) is 0 Å².